The highest BCUT2D eigenvalue weighted by Crippen LogP contribution is 2.40. The van der Waals surface area contributed by atoms with Crippen molar-refractivity contribution in [3.05, 3.63) is 28.8 Å². The molecule has 2 saturated heterocycles. The lowest BCUT2D eigenvalue weighted by Crippen LogP contribution is -2.66. The lowest BCUT2D eigenvalue weighted by molar-refractivity contribution is 0.193. The van der Waals surface area contributed by atoms with Crippen LogP contribution in [0.4, 0.5) is 5.69 Å². The van der Waals surface area contributed by atoms with E-state index in [0.717, 1.165) is 0 Å². The average Bonchev–Trinajstić information content (AvgIpc) is 2.90. The zero-order valence-electron chi connectivity index (χ0n) is 12.1. The number of nitrogen functional groups attached to an aromatic ring is 1. The van der Waals surface area contributed by atoms with Crippen LogP contribution >= 0.6 is 11.6 Å². The molecule has 3 rings (SSSR count). The van der Waals surface area contributed by atoms with Gasteiger partial charge in [0.1, 0.15) is 5.84 Å². The zero-order valence-corrected chi connectivity index (χ0v) is 13.7. The van der Waals surface area contributed by atoms with Gasteiger partial charge in [0.2, 0.25) is 0 Å². The third-order valence-corrected chi connectivity index (χ3v) is 7.50. The lowest BCUT2D eigenvalue weighted by Gasteiger charge is -2.44. The summed E-state index contributed by atoms with van der Waals surface area (Å²) in [6.45, 7) is 2.10. The molecule has 1 spiro atoms. The van der Waals surface area contributed by atoms with Gasteiger partial charge in [0.05, 0.1) is 17.9 Å². The van der Waals surface area contributed by atoms with E-state index in [1.807, 2.05) is 0 Å². The monoisotopic (exact) mass is 343 g/mol. The molecular weight excluding hydrogens is 326 g/mol. The van der Waals surface area contributed by atoms with E-state index in [4.69, 9.17) is 27.5 Å². The molecule has 0 amide bonds. The van der Waals surface area contributed by atoms with Gasteiger partial charge in [0.15, 0.2) is 14.6 Å². The molecule has 0 unspecified atom stereocenters. The minimum absolute atomic E-state index is 0.0297. The van der Waals surface area contributed by atoms with Crippen LogP contribution in [-0.2, 0) is 20.1 Å². The second-order valence-corrected chi connectivity index (χ2v) is 8.83. The summed E-state index contributed by atoms with van der Waals surface area (Å²) in [6.07, 6.45) is 0.307. The fourth-order valence-corrected chi connectivity index (χ4v) is 5.81. The van der Waals surface area contributed by atoms with Gasteiger partial charge in [-0.3, -0.25) is 5.41 Å². The number of benzene rings is 1. The summed E-state index contributed by atoms with van der Waals surface area (Å²) in [5.41, 5.74) is 5.89. The Hall–Kier alpha value is -1.31. The number of nitrogens with one attached hydrogen (secondary N) is 2. The first-order valence-corrected chi connectivity index (χ1v) is 8.96. The van der Waals surface area contributed by atoms with Crippen molar-refractivity contribution in [2.24, 2.45) is 0 Å². The molecule has 8 heteroatoms. The van der Waals surface area contributed by atoms with E-state index >= 15 is 0 Å². The second kappa shape index (κ2) is 4.84. The van der Waals surface area contributed by atoms with Gasteiger partial charge in [0, 0.05) is 17.3 Å². The molecule has 2 fully saturated rings. The predicted octanol–water partition coefficient (Wildman–Crippen LogP) is 1.29. The Labute approximate surface area is 134 Å². The quantitative estimate of drug-likeness (QED) is 0.666. The van der Waals surface area contributed by atoms with E-state index in [9.17, 15) is 8.42 Å². The minimum atomic E-state index is -3.57. The van der Waals surface area contributed by atoms with Crippen molar-refractivity contribution < 1.29 is 13.2 Å². The molecule has 1 aromatic carbocycles. The number of sulfone groups is 1. The first-order valence-electron chi connectivity index (χ1n) is 6.93. The van der Waals surface area contributed by atoms with E-state index < -0.39 is 20.1 Å². The maximum atomic E-state index is 12.9. The first kappa shape index (κ1) is 15.6. The number of halogens is 1. The first-order chi connectivity index (χ1) is 10.2. The molecular formula is C14H18ClN3O3S. The van der Waals surface area contributed by atoms with Crippen molar-refractivity contribution in [1.82, 2.24) is 5.32 Å². The molecule has 4 N–H and O–H groups in total. The maximum Gasteiger partial charge on any atom is 0.168 e. The van der Waals surface area contributed by atoms with Gasteiger partial charge in [-0.05, 0) is 37.1 Å². The molecule has 22 heavy (non-hydrogen) atoms. The normalized spacial score (nSPS) is 33.8. The van der Waals surface area contributed by atoms with Crippen LogP contribution in [0.2, 0.25) is 5.02 Å². The van der Waals surface area contributed by atoms with Gasteiger partial charge in [-0.2, -0.15) is 0 Å². The molecule has 2 atom stereocenters. The van der Waals surface area contributed by atoms with Crippen molar-refractivity contribution in [3.8, 4) is 0 Å². The van der Waals surface area contributed by atoms with Crippen LogP contribution in [0.5, 0.6) is 0 Å². The fraction of sp³-hybridized carbons (Fsp3) is 0.500. The number of hydrogen-bond donors (Lipinski definition) is 3. The van der Waals surface area contributed by atoms with Crippen LogP contribution in [0.1, 0.15) is 18.9 Å². The summed E-state index contributed by atoms with van der Waals surface area (Å²) in [4.78, 5) is 0. The number of hydrogen-bond acceptors (Lipinski definition) is 5. The van der Waals surface area contributed by atoms with Crippen LogP contribution in [0.3, 0.4) is 0 Å². The molecule has 0 radical (unpaired) electrons. The number of amidine groups is 1. The lowest BCUT2D eigenvalue weighted by atomic mass is 9.91. The number of nitrogens with two attached hydrogens (primary N) is 1. The van der Waals surface area contributed by atoms with Crippen molar-refractivity contribution in [2.45, 2.75) is 23.6 Å². The van der Waals surface area contributed by atoms with Crippen molar-refractivity contribution >= 4 is 33.0 Å². The zero-order chi connectivity index (χ0) is 16.2. The van der Waals surface area contributed by atoms with Crippen molar-refractivity contribution in [2.75, 3.05) is 24.7 Å². The van der Waals surface area contributed by atoms with E-state index in [0.29, 0.717) is 29.3 Å². The molecule has 2 aliphatic heterocycles. The summed E-state index contributed by atoms with van der Waals surface area (Å²) in [7, 11) is -3.57. The van der Waals surface area contributed by atoms with Crippen LogP contribution < -0.4 is 11.1 Å². The molecule has 0 saturated carbocycles. The second-order valence-electron chi connectivity index (χ2n) is 6.13. The molecule has 2 aliphatic rings. The number of anilines is 1. The molecule has 120 valence electrons. The van der Waals surface area contributed by atoms with Gasteiger partial charge in [-0.1, -0.05) is 11.6 Å². The molecule has 0 aliphatic carbocycles. The van der Waals surface area contributed by atoms with Gasteiger partial charge in [0.25, 0.3) is 0 Å². The molecule has 6 nitrogen and oxygen atoms in total. The highest BCUT2D eigenvalue weighted by molar-refractivity contribution is 7.93. The van der Waals surface area contributed by atoms with Crippen LogP contribution in [-0.4, -0.2) is 38.0 Å². The maximum absolute atomic E-state index is 12.9. The summed E-state index contributed by atoms with van der Waals surface area (Å²) < 4.78 is 29.7. The van der Waals surface area contributed by atoms with Crippen LogP contribution in [0.25, 0.3) is 0 Å². The Morgan fingerprint density at radius 3 is 2.77 bits per heavy atom. The summed E-state index contributed by atoms with van der Waals surface area (Å²) in [5.74, 6) is -0.188. The van der Waals surface area contributed by atoms with E-state index in [2.05, 4.69) is 5.32 Å². The SMILES string of the molecule is C[C@@]1(c2cc(N)ccc2Cl)CS(=O)(=O)[C@]2(CCOC2)C(=N)N1. The number of ether oxygens (including phenoxy) is 1. The van der Waals surface area contributed by atoms with Gasteiger partial charge < -0.3 is 15.8 Å². The Balaban J connectivity index is 2.08. The molecule has 1 aromatic rings. The Kier molecular flexibility index (Phi) is 3.43. The van der Waals surface area contributed by atoms with Gasteiger partial charge >= 0.3 is 0 Å². The molecule has 2 heterocycles. The van der Waals surface area contributed by atoms with Crippen LogP contribution in [0, 0.1) is 5.41 Å². The summed E-state index contributed by atoms with van der Waals surface area (Å²) in [5, 5.41) is 11.7. The standard InChI is InChI=1S/C14H18ClN3O3S/c1-13(10-6-9(16)2-3-11(10)15)8-22(19,20)14(12(17)18-13)4-5-21-7-14/h2-3,6H,4-5,7-8,16H2,1H3,(H2,17,18)/t13-,14-/m0/s1. The molecule has 0 aromatic heterocycles. The molecule has 0 bridgehead atoms. The van der Waals surface area contributed by atoms with Crippen molar-refractivity contribution in [1.29, 1.82) is 5.41 Å². The Bertz CT molecular complexity index is 744. The third kappa shape index (κ3) is 2.11. The largest absolute Gasteiger partial charge is 0.399 e. The topological polar surface area (TPSA) is 105 Å². The van der Waals surface area contributed by atoms with E-state index in [-0.39, 0.29) is 18.2 Å². The Morgan fingerprint density at radius 1 is 1.45 bits per heavy atom. The van der Waals surface area contributed by atoms with E-state index in [1.165, 1.54) is 0 Å². The highest BCUT2D eigenvalue weighted by Gasteiger charge is 2.58. The summed E-state index contributed by atoms with van der Waals surface area (Å²) in [6, 6.07) is 4.95. The Morgan fingerprint density at radius 2 is 2.18 bits per heavy atom. The van der Waals surface area contributed by atoms with Gasteiger partial charge in [-0.15, -0.1) is 0 Å². The van der Waals surface area contributed by atoms with Crippen LogP contribution in [0.15, 0.2) is 18.2 Å². The predicted molar refractivity (Wildman–Crippen MR) is 86.0 cm³/mol. The smallest absolute Gasteiger partial charge is 0.168 e. The van der Waals surface area contributed by atoms with Gasteiger partial charge in [-0.25, -0.2) is 8.42 Å². The number of rotatable bonds is 1. The third-order valence-electron chi connectivity index (χ3n) is 4.50. The van der Waals surface area contributed by atoms with E-state index in [1.54, 1.807) is 25.1 Å². The highest BCUT2D eigenvalue weighted by atomic mass is 35.5. The van der Waals surface area contributed by atoms with Crippen molar-refractivity contribution in [3.63, 3.8) is 0 Å². The fourth-order valence-electron chi connectivity index (χ4n) is 3.20. The summed E-state index contributed by atoms with van der Waals surface area (Å²) >= 11 is 6.23. The minimum Gasteiger partial charge on any atom is -0.399 e. The average molecular weight is 344 g/mol.